The number of hydrogen-bond acceptors (Lipinski definition) is 4. The highest BCUT2D eigenvalue weighted by Gasteiger charge is 2.31. The SMILES string of the molecule is C=C(/C=C\C(=C/C)CC(=O)O)CNC(=O)c1cc(-c2ccc(OC(F)(F)F)cc2)cs1. The molecule has 0 aliphatic carbocycles. The fourth-order valence-electron chi connectivity index (χ4n) is 2.45. The molecule has 2 rings (SSSR count). The van der Waals surface area contributed by atoms with Crippen molar-refractivity contribution in [1.29, 1.82) is 0 Å². The van der Waals surface area contributed by atoms with E-state index in [-0.39, 0.29) is 24.6 Å². The first-order valence-electron chi connectivity index (χ1n) is 9.03. The Hall–Kier alpha value is -3.33. The van der Waals surface area contributed by atoms with Crippen molar-refractivity contribution in [1.82, 2.24) is 5.32 Å². The molecule has 0 radical (unpaired) electrons. The van der Waals surface area contributed by atoms with E-state index in [0.29, 0.717) is 27.2 Å². The molecule has 0 fully saturated rings. The molecular formula is C22H20F3NO4S. The number of halogens is 3. The highest BCUT2D eigenvalue weighted by molar-refractivity contribution is 7.12. The van der Waals surface area contributed by atoms with Gasteiger partial charge in [0.15, 0.2) is 0 Å². The zero-order valence-corrected chi connectivity index (χ0v) is 17.3. The minimum absolute atomic E-state index is 0.103. The van der Waals surface area contributed by atoms with E-state index in [2.05, 4.69) is 16.6 Å². The van der Waals surface area contributed by atoms with Crippen LogP contribution in [0.3, 0.4) is 0 Å². The van der Waals surface area contributed by atoms with Crippen LogP contribution < -0.4 is 10.1 Å². The lowest BCUT2D eigenvalue weighted by Gasteiger charge is -2.08. The number of thiophene rings is 1. The van der Waals surface area contributed by atoms with Crippen LogP contribution in [0.5, 0.6) is 5.75 Å². The van der Waals surface area contributed by atoms with Gasteiger partial charge in [0.05, 0.1) is 11.3 Å². The van der Waals surface area contributed by atoms with Gasteiger partial charge in [-0.25, -0.2) is 0 Å². The lowest BCUT2D eigenvalue weighted by molar-refractivity contribution is -0.274. The highest BCUT2D eigenvalue weighted by Crippen LogP contribution is 2.29. The second kappa shape index (κ2) is 10.6. The maximum Gasteiger partial charge on any atom is 0.573 e. The molecule has 0 spiro atoms. The topological polar surface area (TPSA) is 75.6 Å². The van der Waals surface area contributed by atoms with Gasteiger partial charge in [-0.2, -0.15) is 0 Å². The van der Waals surface area contributed by atoms with Crippen molar-refractivity contribution >= 4 is 23.2 Å². The zero-order valence-electron chi connectivity index (χ0n) is 16.5. The van der Waals surface area contributed by atoms with Crippen molar-refractivity contribution in [2.75, 3.05) is 6.54 Å². The molecule has 1 amide bonds. The first-order valence-corrected chi connectivity index (χ1v) is 9.91. The molecule has 1 aromatic carbocycles. The molecule has 0 unspecified atom stereocenters. The van der Waals surface area contributed by atoms with Gasteiger partial charge >= 0.3 is 12.3 Å². The Morgan fingerprint density at radius 3 is 2.45 bits per heavy atom. The average molecular weight is 451 g/mol. The van der Waals surface area contributed by atoms with Crippen LogP contribution in [0.25, 0.3) is 11.1 Å². The lowest BCUT2D eigenvalue weighted by atomic mass is 10.1. The summed E-state index contributed by atoms with van der Waals surface area (Å²) in [5.74, 6) is -1.58. The van der Waals surface area contributed by atoms with Crippen LogP contribution in [-0.4, -0.2) is 29.9 Å². The predicted octanol–water partition coefficient (Wildman–Crippen LogP) is 5.58. The van der Waals surface area contributed by atoms with Gasteiger partial charge in [-0.3, -0.25) is 9.59 Å². The van der Waals surface area contributed by atoms with Crippen molar-refractivity contribution in [2.45, 2.75) is 19.7 Å². The average Bonchev–Trinajstić information content (AvgIpc) is 3.18. The van der Waals surface area contributed by atoms with Crippen LogP contribution in [0.2, 0.25) is 0 Å². The lowest BCUT2D eigenvalue weighted by Crippen LogP contribution is -2.24. The van der Waals surface area contributed by atoms with Gasteiger partial charge in [0.2, 0.25) is 0 Å². The van der Waals surface area contributed by atoms with Crippen molar-refractivity contribution in [3.05, 3.63) is 76.5 Å². The fourth-order valence-corrected chi connectivity index (χ4v) is 3.28. The van der Waals surface area contributed by atoms with Crippen molar-refractivity contribution in [3.8, 4) is 16.9 Å². The highest BCUT2D eigenvalue weighted by atomic mass is 32.1. The summed E-state index contributed by atoms with van der Waals surface area (Å²) >= 11 is 1.20. The molecule has 0 saturated heterocycles. The van der Waals surface area contributed by atoms with E-state index in [1.807, 2.05) is 0 Å². The first kappa shape index (κ1) is 23.9. The number of carboxylic acids is 1. The Kier molecular flexibility index (Phi) is 8.21. The molecule has 0 atom stereocenters. The van der Waals surface area contributed by atoms with Crippen molar-refractivity contribution < 1.29 is 32.6 Å². The van der Waals surface area contributed by atoms with Crippen molar-refractivity contribution in [3.63, 3.8) is 0 Å². The Morgan fingerprint density at radius 2 is 1.87 bits per heavy atom. The van der Waals surface area contributed by atoms with Crippen LogP contribution in [0.4, 0.5) is 13.2 Å². The Bertz CT molecular complexity index is 1000. The number of nitrogens with one attached hydrogen (secondary N) is 1. The zero-order chi connectivity index (χ0) is 23.0. The summed E-state index contributed by atoms with van der Waals surface area (Å²) in [6, 6.07) is 7.02. The van der Waals surface area contributed by atoms with Crippen molar-refractivity contribution in [2.24, 2.45) is 0 Å². The molecule has 164 valence electrons. The summed E-state index contributed by atoms with van der Waals surface area (Å²) in [5, 5.41) is 13.3. The molecule has 2 aromatic rings. The number of alkyl halides is 3. The monoisotopic (exact) mass is 451 g/mol. The second-order valence-electron chi connectivity index (χ2n) is 6.38. The molecule has 9 heteroatoms. The van der Waals surface area contributed by atoms with Gasteiger partial charge in [-0.05, 0) is 52.8 Å². The van der Waals surface area contributed by atoms with Crippen LogP contribution in [0.15, 0.2) is 71.7 Å². The number of allylic oxidation sites excluding steroid dienone is 2. The van der Waals surface area contributed by atoms with Gasteiger partial charge in [0, 0.05) is 6.54 Å². The second-order valence-corrected chi connectivity index (χ2v) is 7.29. The Balaban J connectivity index is 1.93. The third-order valence-electron chi connectivity index (χ3n) is 3.98. The number of benzene rings is 1. The number of ether oxygens (including phenoxy) is 1. The molecule has 0 saturated carbocycles. The quantitative estimate of drug-likeness (QED) is 0.488. The summed E-state index contributed by atoms with van der Waals surface area (Å²) in [4.78, 5) is 23.5. The molecule has 31 heavy (non-hydrogen) atoms. The van der Waals surface area contributed by atoms with E-state index in [0.717, 1.165) is 0 Å². The number of rotatable bonds is 9. The fraction of sp³-hybridized carbons (Fsp3) is 0.182. The predicted molar refractivity (Wildman–Crippen MR) is 113 cm³/mol. The summed E-state index contributed by atoms with van der Waals surface area (Å²) in [6.07, 6.45) is 0.110. The molecule has 0 bridgehead atoms. The van der Waals surface area contributed by atoms with Crippen LogP contribution in [0, 0.1) is 0 Å². The summed E-state index contributed by atoms with van der Waals surface area (Å²) in [5.41, 5.74) is 2.55. The van der Waals surface area contributed by atoms with E-state index < -0.39 is 12.3 Å². The number of hydrogen-bond donors (Lipinski definition) is 2. The Morgan fingerprint density at radius 1 is 1.19 bits per heavy atom. The number of carboxylic acid groups (broad SMARTS) is 1. The molecule has 1 heterocycles. The van der Waals surface area contributed by atoms with Crippen LogP contribution in [0.1, 0.15) is 23.0 Å². The maximum absolute atomic E-state index is 12.3. The van der Waals surface area contributed by atoms with Gasteiger partial charge in [0.25, 0.3) is 5.91 Å². The number of carbonyl (C=O) groups is 2. The third kappa shape index (κ3) is 8.13. The van der Waals surface area contributed by atoms with Gasteiger partial charge in [-0.1, -0.05) is 36.9 Å². The molecule has 0 aliphatic heterocycles. The van der Waals surface area contributed by atoms with E-state index in [1.165, 1.54) is 35.6 Å². The maximum atomic E-state index is 12.3. The van der Waals surface area contributed by atoms with Gasteiger partial charge in [0.1, 0.15) is 5.75 Å². The number of carbonyl (C=O) groups excluding carboxylic acids is 1. The summed E-state index contributed by atoms with van der Waals surface area (Å²) < 4.78 is 40.6. The Labute approximate surface area is 181 Å². The smallest absolute Gasteiger partial charge is 0.481 e. The third-order valence-corrected chi connectivity index (χ3v) is 4.91. The largest absolute Gasteiger partial charge is 0.573 e. The summed E-state index contributed by atoms with van der Waals surface area (Å²) in [6.45, 7) is 5.74. The van der Waals surface area contributed by atoms with Gasteiger partial charge in [-0.15, -0.1) is 24.5 Å². The normalized spacial score (nSPS) is 12.1. The van der Waals surface area contributed by atoms with E-state index in [4.69, 9.17) is 5.11 Å². The van der Waals surface area contributed by atoms with E-state index >= 15 is 0 Å². The van der Waals surface area contributed by atoms with Crippen LogP contribution in [-0.2, 0) is 4.79 Å². The van der Waals surface area contributed by atoms with E-state index in [1.54, 1.807) is 36.6 Å². The standard InChI is InChI=1S/C22H20F3NO4S/c1-3-15(10-20(27)28)5-4-14(2)12-26-21(29)19-11-17(13-31-19)16-6-8-18(9-7-16)30-22(23,24)25/h3-9,11,13H,2,10,12H2,1H3,(H,26,29)(H,27,28)/b5-4-,15-3+. The number of aliphatic carboxylic acids is 1. The molecule has 5 nitrogen and oxygen atoms in total. The summed E-state index contributed by atoms with van der Waals surface area (Å²) in [7, 11) is 0. The molecule has 2 N–H and O–H groups in total. The molecule has 0 aliphatic rings. The number of amides is 1. The first-order chi connectivity index (χ1) is 14.6. The van der Waals surface area contributed by atoms with E-state index in [9.17, 15) is 22.8 Å². The molecule has 1 aromatic heterocycles. The minimum atomic E-state index is -4.75. The van der Waals surface area contributed by atoms with Gasteiger partial charge < -0.3 is 15.2 Å². The minimum Gasteiger partial charge on any atom is -0.481 e. The molecular weight excluding hydrogens is 431 g/mol. The van der Waals surface area contributed by atoms with Crippen LogP contribution >= 0.6 is 11.3 Å².